The number of urea groups is 1. The van der Waals surface area contributed by atoms with E-state index in [0.29, 0.717) is 10.9 Å². The lowest BCUT2D eigenvalue weighted by atomic mass is 10.3. The third-order valence-electron chi connectivity index (χ3n) is 3.74. The number of halogens is 2. The Morgan fingerprint density at radius 2 is 2.04 bits per heavy atom. The Kier molecular flexibility index (Phi) is 7.11. The maximum Gasteiger partial charge on any atom is 0.322 e. The van der Waals surface area contributed by atoms with Gasteiger partial charge in [0.1, 0.15) is 0 Å². The first-order valence-electron chi connectivity index (χ1n) is 7.80. The van der Waals surface area contributed by atoms with Gasteiger partial charge in [0.2, 0.25) is 0 Å². The lowest BCUT2D eigenvalue weighted by molar-refractivity contribution is 0.0943. The maximum atomic E-state index is 12.5. The van der Waals surface area contributed by atoms with Crippen LogP contribution in [0.15, 0.2) is 29.2 Å². The van der Waals surface area contributed by atoms with Crippen LogP contribution in [0.5, 0.6) is 0 Å². The van der Waals surface area contributed by atoms with Gasteiger partial charge in [0.15, 0.2) is 0 Å². The quantitative estimate of drug-likeness (QED) is 0.791. The van der Waals surface area contributed by atoms with Crippen molar-refractivity contribution in [3.05, 3.63) is 24.3 Å². The van der Waals surface area contributed by atoms with Gasteiger partial charge in [0.05, 0.1) is 18.8 Å². The zero-order valence-corrected chi connectivity index (χ0v) is 13.7. The minimum absolute atomic E-state index is 0.117. The highest BCUT2D eigenvalue weighted by Crippen LogP contribution is 2.38. The average molecular weight is 344 g/mol. The fraction of sp³-hybridized carbons (Fsp3) is 0.562. The van der Waals surface area contributed by atoms with Gasteiger partial charge in [-0.3, -0.25) is 0 Å². The molecule has 1 saturated carbocycles. The van der Waals surface area contributed by atoms with Crippen molar-refractivity contribution < 1.29 is 18.7 Å². The molecule has 0 unspecified atom stereocenters. The van der Waals surface area contributed by atoms with E-state index in [4.69, 9.17) is 5.11 Å². The van der Waals surface area contributed by atoms with Crippen LogP contribution in [0.1, 0.15) is 25.7 Å². The normalized spacial score (nSPS) is 15.1. The molecular weight excluding hydrogens is 322 g/mol. The molecule has 1 fully saturated rings. The number of hydrogen-bond donors (Lipinski definition) is 2. The summed E-state index contributed by atoms with van der Waals surface area (Å²) in [6, 6.07) is 6.80. The van der Waals surface area contributed by atoms with E-state index in [-0.39, 0.29) is 13.2 Å². The number of nitrogens with one attached hydrogen (secondary N) is 1. The number of rotatable bonds is 7. The molecule has 0 saturated heterocycles. The van der Waals surface area contributed by atoms with Crippen molar-refractivity contribution >= 4 is 23.5 Å². The molecule has 2 N–H and O–H groups in total. The summed E-state index contributed by atoms with van der Waals surface area (Å²) >= 11 is 1.73. The lowest BCUT2D eigenvalue weighted by Crippen LogP contribution is -2.40. The van der Waals surface area contributed by atoms with Gasteiger partial charge < -0.3 is 15.3 Å². The fourth-order valence-electron chi connectivity index (χ4n) is 2.62. The summed E-state index contributed by atoms with van der Waals surface area (Å²) in [7, 11) is 0. The first-order chi connectivity index (χ1) is 11.1. The van der Waals surface area contributed by atoms with Crippen LogP contribution in [0.25, 0.3) is 0 Å². The number of carbonyl (C=O) groups excluding carboxylic acids is 1. The summed E-state index contributed by atoms with van der Waals surface area (Å²) in [6.07, 6.45) is 2.15. The van der Waals surface area contributed by atoms with Crippen LogP contribution < -0.4 is 5.32 Å². The number of carbonyl (C=O) groups is 1. The summed E-state index contributed by atoms with van der Waals surface area (Å²) in [5.74, 6) is 0. The van der Waals surface area contributed by atoms with Crippen molar-refractivity contribution in [2.24, 2.45) is 0 Å². The molecule has 0 atom stereocenters. The van der Waals surface area contributed by atoms with Crippen molar-refractivity contribution in [2.45, 2.75) is 42.3 Å². The van der Waals surface area contributed by atoms with E-state index >= 15 is 0 Å². The third-order valence-corrected chi connectivity index (χ3v) is 5.15. The maximum absolute atomic E-state index is 12.5. The zero-order valence-electron chi connectivity index (χ0n) is 12.9. The van der Waals surface area contributed by atoms with Crippen LogP contribution in [0.2, 0.25) is 0 Å². The first kappa shape index (κ1) is 18.0. The van der Waals surface area contributed by atoms with Gasteiger partial charge in [-0.15, -0.1) is 11.8 Å². The van der Waals surface area contributed by atoms with Crippen LogP contribution in [0.3, 0.4) is 0 Å². The minimum Gasteiger partial charge on any atom is -0.395 e. The molecule has 0 radical (unpaired) electrons. The molecule has 128 valence electrons. The zero-order chi connectivity index (χ0) is 16.7. The molecule has 2 amide bonds. The summed E-state index contributed by atoms with van der Waals surface area (Å²) in [6.45, 7) is -1.16. The second-order valence-electron chi connectivity index (χ2n) is 5.51. The van der Waals surface area contributed by atoms with Gasteiger partial charge in [-0.1, -0.05) is 25.0 Å². The van der Waals surface area contributed by atoms with Crippen molar-refractivity contribution in [1.82, 2.24) is 4.90 Å². The average Bonchev–Trinajstić information content (AvgIpc) is 3.01. The lowest BCUT2D eigenvalue weighted by Gasteiger charge is -2.22. The van der Waals surface area contributed by atoms with Crippen LogP contribution in [0, 0.1) is 0 Å². The number of aliphatic hydroxyl groups is 1. The number of thioether (sulfide) groups is 1. The number of alkyl halides is 2. The first-order valence-corrected chi connectivity index (χ1v) is 8.68. The van der Waals surface area contributed by atoms with Gasteiger partial charge >= 0.3 is 6.03 Å². The SMILES string of the molecule is O=C(Nc1ccccc1SC1CCCC1)N(CCO)CC(F)F. The fourth-order valence-corrected chi connectivity index (χ4v) is 3.95. The molecule has 2 rings (SSSR count). The molecule has 4 nitrogen and oxygen atoms in total. The van der Waals surface area contributed by atoms with Crippen LogP contribution in [0.4, 0.5) is 19.3 Å². The van der Waals surface area contributed by atoms with E-state index < -0.39 is 19.0 Å². The Morgan fingerprint density at radius 3 is 2.70 bits per heavy atom. The third kappa shape index (κ3) is 5.66. The van der Waals surface area contributed by atoms with Crippen molar-refractivity contribution in [1.29, 1.82) is 0 Å². The Balaban J connectivity index is 2.03. The standard InChI is InChI=1S/C16H22F2N2O2S/c17-15(18)11-20(9-10-21)16(22)19-13-7-3-4-8-14(13)23-12-5-1-2-6-12/h3-4,7-8,12,15,21H,1-2,5-6,9-11H2,(H,19,22). The highest BCUT2D eigenvalue weighted by Gasteiger charge is 2.21. The number of hydrogen-bond acceptors (Lipinski definition) is 3. The topological polar surface area (TPSA) is 52.6 Å². The smallest absolute Gasteiger partial charge is 0.322 e. The second kappa shape index (κ2) is 9.08. The molecule has 1 aromatic carbocycles. The Morgan fingerprint density at radius 1 is 1.35 bits per heavy atom. The highest BCUT2D eigenvalue weighted by atomic mass is 32.2. The van der Waals surface area contributed by atoms with E-state index in [1.54, 1.807) is 23.9 Å². The van der Waals surface area contributed by atoms with Gasteiger partial charge in [0.25, 0.3) is 6.43 Å². The van der Waals surface area contributed by atoms with E-state index in [1.807, 2.05) is 12.1 Å². The van der Waals surface area contributed by atoms with Gasteiger partial charge in [-0.05, 0) is 25.0 Å². The summed E-state index contributed by atoms with van der Waals surface area (Å²) < 4.78 is 25.1. The molecule has 0 aliphatic heterocycles. The largest absolute Gasteiger partial charge is 0.395 e. The van der Waals surface area contributed by atoms with Crippen LogP contribution in [-0.2, 0) is 0 Å². The van der Waals surface area contributed by atoms with Crippen molar-refractivity contribution in [3.8, 4) is 0 Å². The molecule has 7 heteroatoms. The van der Waals surface area contributed by atoms with E-state index in [1.165, 1.54) is 12.8 Å². The molecule has 0 aromatic heterocycles. The molecule has 1 aromatic rings. The van der Waals surface area contributed by atoms with Crippen LogP contribution in [-0.4, -0.2) is 47.4 Å². The Bertz CT molecular complexity index is 511. The van der Waals surface area contributed by atoms with E-state index in [2.05, 4.69) is 5.32 Å². The molecular formula is C16H22F2N2O2S. The Hall–Kier alpha value is -1.34. The summed E-state index contributed by atoms with van der Waals surface area (Å²) in [5, 5.41) is 12.2. The van der Waals surface area contributed by atoms with Gasteiger partial charge in [-0.25, -0.2) is 13.6 Å². The van der Waals surface area contributed by atoms with Gasteiger partial charge in [0, 0.05) is 16.7 Å². The molecule has 0 bridgehead atoms. The monoisotopic (exact) mass is 344 g/mol. The van der Waals surface area contributed by atoms with Crippen molar-refractivity contribution in [3.63, 3.8) is 0 Å². The molecule has 0 spiro atoms. The number of para-hydroxylation sites is 1. The molecule has 1 aliphatic carbocycles. The van der Waals surface area contributed by atoms with E-state index in [9.17, 15) is 13.6 Å². The number of anilines is 1. The minimum atomic E-state index is -2.63. The number of nitrogens with zero attached hydrogens (tertiary/aromatic N) is 1. The van der Waals surface area contributed by atoms with Gasteiger partial charge in [-0.2, -0.15) is 0 Å². The summed E-state index contributed by atoms with van der Waals surface area (Å²) in [5.41, 5.74) is 0.631. The van der Waals surface area contributed by atoms with Crippen LogP contribution >= 0.6 is 11.8 Å². The van der Waals surface area contributed by atoms with Crippen molar-refractivity contribution in [2.75, 3.05) is 25.0 Å². The van der Waals surface area contributed by atoms with E-state index in [0.717, 1.165) is 22.6 Å². The predicted molar refractivity (Wildman–Crippen MR) is 88.2 cm³/mol. The molecule has 23 heavy (non-hydrogen) atoms. The summed E-state index contributed by atoms with van der Waals surface area (Å²) in [4.78, 5) is 14.1. The predicted octanol–water partition coefficient (Wildman–Crippen LogP) is 3.81. The molecule has 1 aliphatic rings. The number of amides is 2. The second-order valence-corrected chi connectivity index (χ2v) is 6.85. The number of benzene rings is 1. The highest BCUT2D eigenvalue weighted by molar-refractivity contribution is 8.00. The number of aliphatic hydroxyl groups excluding tert-OH is 1. The molecule has 0 heterocycles. The Labute approximate surface area is 139 Å².